The van der Waals surface area contributed by atoms with Gasteiger partial charge in [0.1, 0.15) is 11.6 Å². The van der Waals surface area contributed by atoms with Crippen molar-refractivity contribution >= 4 is 23.4 Å². The lowest BCUT2D eigenvalue weighted by Gasteiger charge is -2.19. The normalized spacial score (nSPS) is 12.7. The summed E-state index contributed by atoms with van der Waals surface area (Å²) in [6.45, 7) is 7.29. The Kier molecular flexibility index (Phi) is 10.3. The first-order valence-corrected chi connectivity index (χ1v) is 13.3. The molecule has 0 unspecified atom stereocenters. The highest BCUT2D eigenvalue weighted by Crippen LogP contribution is 2.27. The summed E-state index contributed by atoms with van der Waals surface area (Å²) in [5, 5.41) is 15.9. The Balaban J connectivity index is 1.69. The third-order valence-electron chi connectivity index (χ3n) is 6.11. The van der Waals surface area contributed by atoms with Crippen LogP contribution in [0.2, 0.25) is 5.02 Å². The molecule has 0 spiro atoms. The predicted octanol–water partition coefficient (Wildman–Crippen LogP) is 4.84. The number of nitrogens with zero attached hydrogens (tertiary/aromatic N) is 2. The molecule has 1 aromatic heterocycles. The Morgan fingerprint density at radius 2 is 1.84 bits per heavy atom. The van der Waals surface area contributed by atoms with E-state index in [0.717, 1.165) is 29.1 Å². The van der Waals surface area contributed by atoms with Crippen molar-refractivity contribution in [1.82, 2.24) is 20.2 Å². The minimum Gasteiger partial charge on any atom is -0.489 e. The van der Waals surface area contributed by atoms with Crippen LogP contribution < -0.4 is 15.4 Å². The highest BCUT2D eigenvalue weighted by molar-refractivity contribution is 6.32. The van der Waals surface area contributed by atoms with Crippen LogP contribution in [0.15, 0.2) is 48.7 Å². The number of halogens is 1. The minimum atomic E-state index is -0.260. The number of hydrogen-bond donors (Lipinski definition) is 3. The second-order valence-electron chi connectivity index (χ2n) is 9.65. The standard InChI is InChI=1S/C29H37ClN4O4/c1-6-25(31-19(4)36)28-33-26(17-34(28)5)21-9-7-20(8-10-21)15-23(13-14-35)32-29(37)22-11-12-27(24(30)16-22)38-18(2)3/h7-12,16-18,23,25,35H,6,13-15H2,1-5H3,(H,31,36)(H,32,37)/t23-,25-/m1/s1. The molecule has 3 N–H and O–H groups in total. The van der Waals surface area contributed by atoms with Gasteiger partial charge in [-0.3, -0.25) is 9.59 Å². The summed E-state index contributed by atoms with van der Waals surface area (Å²) in [6, 6.07) is 12.5. The smallest absolute Gasteiger partial charge is 0.251 e. The molecule has 38 heavy (non-hydrogen) atoms. The number of aliphatic hydroxyl groups excluding tert-OH is 1. The molecule has 8 nitrogen and oxygen atoms in total. The molecule has 0 saturated carbocycles. The predicted molar refractivity (Wildman–Crippen MR) is 149 cm³/mol. The van der Waals surface area contributed by atoms with Gasteiger partial charge in [-0.25, -0.2) is 4.98 Å². The number of hydrogen-bond acceptors (Lipinski definition) is 5. The van der Waals surface area contributed by atoms with E-state index in [1.165, 1.54) is 6.92 Å². The molecular formula is C29H37ClN4O4. The van der Waals surface area contributed by atoms with E-state index in [9.17, 15) is 14.7 Å². The van der Waals surface area contributed by atoms with Gasteiger partial charge < -0.3 is 25.0 Å². The fraction of sp³-hybridized carbons (Fsp3) is 0.414. The van der Waals surface area contributed by atoms with Crippen molar-refractivity contribution < 1.29 is 19.4 Å². The van der Waals surface area contributed by atoms with Gasteiger partial charge in [-0.05, 0) is 56.9 Å². The minimum absolute atomic E-state index is 0.0239. The van der Waals surface area contributed by atoms with Gasteiger partial charge in [-0.1, -0.05) is 42.8 Å². The highest BCUT2D eigenvalue weighted by atomic mass is 35.5. The van der Waals surface area contributed by atoms with Crippen LogP contribution in [0.3, 0.4) is 0 Å². The summed E-state index contributed by atoms with van der Waals surface area (Å²) in [5.41, 5.74) is 3.22. The number of carbonyl (C=O) groups excluding carboxylic acids is 2. The van der Waals surface area contributed by atoms with Crippen molar-refractivity contribution in [3.63, 3.8) is 0 Å². The Hall–Kier alpha value is -3.36. The number of aryl methyl sites for hydroxylation is 1. The lowest BCUT2D eigenvalue weighted by molar-refractivity contribution is -0.119. The SMILES string of the molecule is CC[C@@H](NC(C)=O)c1nc(-c2ccc(C[C@@H](CCO)NC(=O)c3ccc(OC(C)C)c(Cl)c3)cc2)cn1C. The number of nitrogens with one attached hydrogen (secondary N) is 2. The second kappa shape index (κ2) is 13.4. The van der Waals surface area contributed by atoms with Crippen molar-refractivity contribution in [3.05, 3.63) is 70.6 Å². The number of aromatic nitrogens is 2. The van der Waals surface area contributed by atoms with Crippen LogP contribution in [0.4, 0.5) is 0 Å². The molecule has 2 atom stereocenters. The van der Waals surface area contributed by atoms with E-state index in [2.05, 4.69) is 10.6 Å². The van der Waals surface area contributed by atoms with Gasteiger partial charge in [-0.2, -0.15) is 0 Å². The summed E-state index contributed by atoms with van der Waals surface area (Å²) in [4.78, 5) is 29.2. The third-order valence-corrected chi connectivity index (χ3v) is 6.41. The van der Waals surface area contributed by atoms with Crippen LogP contribution in [-0.2, 0) is 18.3 Å². The molecule has 0 bridgehead atoms. The molecule has 3 aromatic rings. The largest absolute Gasteiger partial charge is 0.489 e. The lowest BCUT2D eigenvalue weighted by atomic mass is 10.0. The van der Waals surface area contributed by atoms with Gasteiger partial charge in [0.25, 0.3) is 5.91 Å². The lowest BCUT2D eigenvalue weighted by Crippen LogP contribution is -2.37. The van der Waals surface area contributed by atoms with Gasteiger partial charge in [0.05, 0.1) is 22.9 Å². The van der Waals surface area contributed by atoms with Crippen LogP contribution in [0.5, 0.6) is 5.75 Å². The van der Waals surface area contributed by atoms with E-state index in [-0.39, 0.29) is 36.6 Å². The average molecular weight is 541 g/mol. The molecule has 0 aliphatic carbocycles. The summed E-state index contributed by atoms with van der Waals surface area (Å²) >= 11 is 6.30. The first-order valence-electron chi connectivity index (χ1n) is 12.9. The summed E-state index contributed by atoms with van der Waals surface area (Å²) in [7, 11) is 1.92. The fourth-order valence-corrected chi connectivity index (χ4v) is 4.50. The molecule has 3 rings (SSSR count). The van der Waals surface area contributed by atoms with Gasteiger partial charge >= 0.3 is 0 Å². The van der Waals surface area contributed by atoms with E-state index < -0.39 is 0 Å². The molecule has 0 radical (unpaired) electrons. The van der Waals surface area contributed by atoms with Crippen molar-refractivity contribution in [2.75, 3.05) is 6.61 Å². The average Bonchev–Trinajstić information content (AvgIpc) is 3.25. The molecule has 0 aliphatic rings. The number of imidazole rings is 1. The highest BCUT2D eigenvalue weighted by Gasteiger charge is 2.19. The molecule has 0 saturated heterocycles. The van der Waals surface area contributed by atoms with Crippen LogP contribution in [-0.4, -0.2) is 45.2 Å². The number of amides is 2. The van der Waals surface area contributed by atoms with Crippen LogP contribution in [0.25, 0.3) is 11.3 Å². The molecule has 0 aliphatic heterocycles. The zero-order valence-electron chi connectivity index (χ0n) is 22.6. The first kappa shape index (κ1) is 29.2. The molecule has 2 aromatic carbocycles. The molecule has 0 fully saturated rings. The number of aliphatic hydroxyl groups is 1. The number of carbonyl (C=O) groups is 2. The van der Waals surface area contributed by atoms with Gasteiger partial charge in [0, 0.05) is 43.9 Å². The van der Waals surface area contributed by atoms with Crippen molar-refractivity contribution in [1.29, 1.82) is 0 Å². The monoisotopic (exact) mass is 540 g/mol. The topological polar surface area (TPSA) is 105 Å². The zero-order valence-corrected chi connectivity index (χ0v) is 23.4. The summed E-state index contributed by atoms with van der Waals surface area (Å²) < 4.78 is 7.58. The van der Waals surface area contributed by atoms with Crippen molar-refractivity contribution in [3.8, 4) is 17.0 Å². The molecule has 204 valence electrons. The maximum absolute atomic E-state index is 12.9. The van der Waals surface area contributed by atoms with Gasteiger partial charge in [0.2, 0.25) is 5.91 Å². The van der Waals surface area contributed by atoms with Crippen LogP contribution >= 0.6 is 11.6 Å². The summed E-state index contributed by atoms with van der Waals surface area (Å²) in [6.07, 6.45) is 3.64. The molecule has 9 heteroatoms. The van der Waals surface area contributed by atoms with Crippen LogP contribution in [0.1, 0.15) is 68.3 Å². The number of ether oxygens (including phenoxy) is 1. The van der Waals surface area contributed by atoms with Crippen molar-refractivity contribution in [2.45, 2.75) is 65.1 Å². The fourth-order valence-electron chi connectivity index (χ4n) is 4.28. The first-order chi connectivity index (χ1) is 18.1. The molecular weight excluding hydrogens is 504 g/mol. The van der Waals surface area contributed by atoms with E-state index in [4.69, 9.17) is 21.3 Å². The van der Waals surface area contributed by atoms with E-state index in [1.54, 1.807) is 18.2 Å². The Bertz CT molecular complexity index is 1240. The third kappa shape index (κ3) is 7.82. The van der Waals surface area contributed by atoms with Crippen LogP contribution in [0, 0.1) is 0 Å². The van der Waals surface area contributed by atoms with Gasteiger partial charge in [0.15, 0.2) is 0 Å². The zero-order chi connectivity index (χ0) is 27.8. The maximum Gasteiger partial charge on any atom is 0.251 e. The Labute approximate surface area is 229 Å². The van der Waals surface area contributed by atoms with E-state index in [0.29, 0.717) is 29.2 Å². The number of rotatable bonds is 12. The Morgan fingerprint density at radius 1 is 1.13 bits per heavy atom. The summed E-state index contributed by atoms with van der Waals surface area (Å²) in [5.74, 6) is 0.987. The maximum atomic E-state index is 12.9. The molecule has 2 amide bonds. The van der Waals surface area contributed by atoms with Gasteiger partial charge in [-0.15, -0.1) is 0 Å². The Morgan fingerprint density at radius 3 is 2.42 bits per heavy atom. The van der Waals surface area contributed by atoms with E-state index >= 15 is 0 Å². The van der Waals surface area contributed by atoms with Crippen molar-refractivity contribution in [2.24, 2.45) is 7.05 Å². The van der Waals surface area contributed by atoms with E-state index in [1.807, 2.05) is 62.8 Å². The molecule has 1 heterocycles. The second-order valence-corrected chi connectivity index (χ2v) is 10.1. The number of benzene rings is 2. The quantitative estimate of drug-likeness (QED) is 0.305.